The van der Waals surface area contributed by atoms with Crippen LogP contribution >= 0.6 is 11.3 Å². The Morgan fingerprint density at radius 3 is 2.07 bits per heavy atom. The Morgan fingerprint density at radius 2 is 1.52 bits per heavy atom. The van der Waals surface area contributed by atoms with Gasteiger partial charge in [0.05, 0.1) is 4.88 Å². The maximum Gasteiger partial charge on any atom is 0.298 e. The van der Waals surface area contributed by atoms with Crippen molar-refractivity contribution in [3.05, 3.63) is 48.8 Å². The van der Waals surface area contributed by atoms with Gasteiger partial charge in [0.1, 0.15) is 22.1 Å². The third kappa shape index (κ3) is 4.65. The van der Waals surface area contributed by atoms with Crippen molar-refractivity contribution in [1.29, 1.82) is 0 Å². The molecule has 3 N–H and O–H groups in total. The first-order chi connectivity index (χ1) is 13.5. The number of hydrogen-bond acceptors (Lipinski definition) is 6. The fourth-order valence-electron chi connectivity index (χ4n) is 2.80. The van der Waals surface area contributed by atoms with E-state index in [1.54, 1.807) is 12.1 Å². The SMILES string of the molecule is CCC[n+]1ccc(-c2cc(S(=O)(=O)O)c(-c3ccc(O)c(S(=O)(=O)O)c3)s2)cc1. The summed E-state index contributed by atoms with van der Waals surface area (Å²) in [6.07, 6.45) is 4.65. The summed E-state index contributed by atoms with van der Waals surface area (Å²) >= 11 is 1.03. The third-order valence-electron chi connectivity index (χ3n) is 4.13. The van der Waals surface area contributed by atoms with Crippen LogP contribution in [0.15, 0.2) is 58.6 Å². The van der Waals surface area contributed by atoms with E-state index in [0.717, 1.165) is 36.4 Å². The Morgan fingerprint density at radius 1 is 0.897 bits per heavy atom. The predicted octanol–water partition coefficient (Wildman–Crippen LogP) is 2.98. The third-order valence-corrected chi connectivity index (χ3v) is 7.26. The number of aromatic nitrogens is 1. The van der Waals surface area contributed by atoms with Gasteiger partial charge < -0.3 is 5.11 Å². The van der Waals surface area contributed by atoms with Crippen molar-refractivity contribution in [2.45, 2.75) is 29.7 Å². The standard InChI is InChI=1S/C18H17NO7S3/c1-2-7-19-8-5-12(6-9-19)15-11-17(29(24,25)26)18(27-15)13-3-4-14(20)16(10-13)28(21,22)23/h3-6,8-11H,2,7H2,1H3,(H2,21,22,23,24,25,26)/p+1. The van der Waals surface area contributed by atoms with Crippen molar-refractivity contribution in [2.24, 2.45) is 0 Å². The van der Waals surface area contributed by atoms with Gasteiger partial charge in [0, 0.05) is 29.0 Å². The summed E-state index contributed by atoms with van der Waals surface area (Å²) < 4.78 is 67.6. The van der Waals surface area contributed by atoms with Crippen LogP contribution in [-0.2, 0) is 26.8 Å². The van der Waals surface area contributed by atoms with E-state index in [-0.39, 0.29) is 10.4 Å². The summed E-state index contributed by atoms with van der Waals surface area (Å²) in [7, 11) is -9.34. The minimum Gasteiger partial charge on any atom is -0.506 e. The summed E-state index contributed by atoms with van der Waals surface area (Å²) in [4.78, 5) is -0.531. The van der Waals surface area contributed by atoms with Crippen LogP contribution in [0.5, 0.6) is 5.75 Å². The van der Waals surface area contributed by atoms with Gasteiger partial charge in [0.25, 0.3) is 20.2 Å². The van der Waals surface area contributed by atoms with Crippen LogP contribution in [0.3, 0.4) is 0 Å². The lowest BCUT2D eigenvalue weighted by Crippen LogP contribution is -2.31. The van der Waals surface area contributed by atoms with Gasteiger partial charge in [-0.25, -0.2) is 4.57 Å². The second-order valence-electron chi connectivity index (χ2n) is 6.26. The largest absolute Gasteiger partial charge is 0.506 e. The van der Waals surface area contributed by atoms with Crippen molar-refractivity contribution in [3.63, 3.8) is 0 Å². The molecule has 0 radical (unpaired) electrons. The van der Waals surface area contributed by atoms with E-state index < -0.39 is 35.8 Å². The van der Waals surface area contributed by atoms with Crippen LogP contribution in [0.1, 0.15) is 13.3 Å². The molecule has 0 saturated heterocycles. The predicted molar refractivity (Wildman–Crippen MR) is 107 cm³/mol. The van der Waals surface area contributed by atoms with Crippen LogP contribution in [0, 0.1) is 0 Å². The highest BCUT2D eigenvalue weighted by molar-refractivity contribution is 7.86. The molecule has 0 atom stereocenters. The number of aryl methyl sites for hydroxylation is 1. The van der Waals surface area contributed by atoms with Crippen molar-refractivity contribution in [2.75, 3.05) is 0 Å². The first-order valence-corrected chi connectivity index (χ1v) is 12.1. The molecule has 3 rings (SSSR count). The molecule has 0 bridgehead atoms. The zero-order chi connectivity index (χ0) is 21.4. The number of thiophene rings is 1. The second kappa shape index (κ2) is 7.84. The fraction of sp³-hybridized carbons (Fsp3) is 0.167. The monoisotopic (exact) mass is 456 g/mol. The molecule has 2 heterocycles. The normalized spacial score (nSPS) is 12.2. The summed E-state index contributed by atoms with van der Waals surface area (Å²) in [5.41, 5.74) is 0.823. The van der Waals surface area contributed by atoms with Gasteiger partial charge in [0.2, 0.25) is 0 Å². The van der Waals surface area contributed by atoms with Crippen LogP contribution in [0.25, 0.3) is 20.9 Å². The molecule has 2 aromatic heterocycles. The van der Waals surface area contributed by atoms with E-state index in [9.17, 15) is 31.0 Å². The molecule has 1 aromatic carbocycles. The Bertz CT molecular complexity index is 1260. The zero-order valence-electron chi connectivity index (χ0n) is 15.2. The highest BCUT2D eigenvalue weighted by Crippen LogP contribution is 2.41. The lowest BCUT2D eigenvalue weighted by atomic mass is 10.1. The molecule has 8 nitrogen and oxygen atoms in total. The number of pyridine rings is 1. The van der Waals surface area contributed by atoms with E-state index >= 15 is 0 Å². The van der Waals surface area contributed by atoms with E-state index in [1.165, 1.54) is 12.1 Å². The number of nitrogens with zero attached hydrogens (tertiary/aromatic N) is 1. The number of rotatable bonds is 6. The second-order valence-corrected chi connectivity index (χ2v) is 10.1. The van der Waals surface area contributed by atoms with Crippen molar-refractivity contribution in [1.82, 2.24) is 0 Å². The van der Waals surface area contributed by atoms with Gasteiger partial charge in [-0.1, -0.05) is 6.92 Å². The number of hydrogen-bond donors (Lipinski definition) is 3. The zero-order valence-corrected chi connectivity index (χ0v) is 17.6. The molecule has 3 aromatic rings. The van der Waals surface area contributed by atoms with E-state index in [0.29, 0.717) is 10.4 Å². The van der Waals surface area contributed by atoms with Gasteiger partial charge in [-0.3, -0.25) is 9.11 Å². The highest BCUT2D eigenvalue weighted by Gasteiger charge is 2.24. The molecule has 0 spiro atoms. The molecule has 0 saturated carbocycles. The number of phenols is 1. The van der Waals surface area contributed by atoms with E-state index in [1.807, 2.05) is 23.9 Å². The first kappa shape index (κ1) is 21.4. The number of aromatic hydroxyl groups is 1. The molecule has 0 amide bonds. The average molecular weight is 457 g/mol. The summed E-state index contributed by atoms with van der Waals surface area (Å²) in [6, 6.07) is 8.19. The lowest BCUT2D eigenvalue weighted by molar-refractivity contribution is -0.696. The van der Waals surface area contributed by atoms with Crippen molar-refractivity contribution >= 4 is 31.6 Å². The van der Waals surface area contributed by atoms with Gasteiger partial charge in [-0.05, 0) is 29.8 Å². The maximum absolute atomic E-state index is 11.9. The van der Waals surface area contributed by atoms with Crippen LogP contribution < -0.4 is 4.57 Å². The number of phenolic OH excluding ortho intramolecular Hbond substituents is 1. The van der Waals surface area contributed by atoms with E-state index in [4.69, 9.17) is 0 Å². The quantitative estimate of drug-likeness (QED) is 0.384. The van der Waals surface area contributed by atoms with Gasteiger partial charge in [0.15, 0.2) is 12.4 Å². The topological polar surface area (TPSA) is 133 Å². The van der Waals surface area contributed by atoms with Crippen LogP contribution in [0.2, 0.25) is 0 Å². The smallest absolute Gasteiger partial charge is 0.298 e. The molecular formula is C18H18NO7S3+. The molecule has 0 fully saturated rings. The molecule has 29 heavy (non-hydrogen) atoms. The minimum absolute atomic E-state index is 0.0812. The van der Waals surface area contributed by atoms with Crippen LogP contribution in [0.4, 0.5) is 0 Å². The summed E-state index contributed by atoms with van der Waals surface area (Å²) in [6.45, 7) is 2.88. The first-order valence-electron chi connectivity index (χ1n) is 8.42. The molecule has 0 aliphatic carbocycles. The molecule has 0 unspecified atom stereocenters. The van der Waals surface area contributed by atoms with Crippen molar-refractivity contribution in [3.8, 4) is 26.6 Å². The molecular weight excluding hydrogens is 438 g/mol. The van der Waals surface area contributed by atoms with Gasteiger partial charge in [-0.2, -0.15) is 16.8 Å². The van der Waals surface area contributed by atoms with Gasteiger partial charge in [-0.15, -0.1) is 11.3 Å². The maximum atomic E-state index is 11.9. The molecule has 0 aliphatic heterocycles. The Balaban J connectivity index is 2.17. The molecule has 0 aliphatic rings. The summed E-state index contributed by atoms with van der Waals surface area (Å²) in [5.74, 6) is -0.676. The lowest BCUT2D eigenvalue weighted by Gasteiger charge is -2.05. The fourth-order valence-corrected chi connectivity index (χ4v) is 5.60. The Labute approximate surface area is 172 Å². The average Bonchev–Trinajstić information content (AvgIpc) is 3.08. The Hall–Kier alpha value is -2.31. The molecule has 11 heteroatoms. The van der Waals surface area contributed by atoms with Crippen molar-refractivity contribution < 1.29 is 35.6 Å². The molecule has 154 valence electrons. The summed E-state index contributed by atoms with van der Waals surface area (Å²) in [5, 5.41) is 9.69. The van der Waals surface area contributed by atoms with Crippen LogP contribution in [-0.4, -0.2) is 31.0 Å². The van der Waals surface area contributed by atoms with E-state index in [2.05, 4.69) is 0 Å². The van der Waals surface area contributed by atoms with Gasteiger partial charge >= 0.3 is 0 Å². The minimum atomic E-state index is -4.73. The Kier molecular flexibility index (Phi) is 5.79. The highest BCUT2D eigenvalue weighted by atomic mass is 32.2. The number of benzene rings is 1.